The van der Waals surface area contributed by atoms with Gasteiger partial charge in [-0.1, -0.05) is 6.92 Å². The summed E-state index contributed by atoms with van der Waals surface area (Å²) in [6.45, 7) is 4.98. The van der Waals surface area contributed by atoms with Gasteiger partial charge in [0.05, 0.1) is 0 Å². The Bertz CT molecular complexity index is 420. The van der Waals surface area contributed by atoms with Crippen LogP contribution >= 0.6 is 0 Å². The van der Waals surface area contributed by atoms with Crippen LogP contribution in [-0.4, -0.2) is 16.1 Å². The maximum atomic E-state index is 4.01. The molecule has 2 heterocycles. The van der Waals surface area contributed by atoms with Crippen LogP contribution in [0.4, 0.5) is 0 Å². The van der Waals surface area contributed by atoms with Gasteiger partial charge < -0.3 is 9.88 Å². The molecule has 0 aliphatic carbocycles. The summed E-state index contributed by atoms with van der Waals surface area (Å²) in [4.78, 5) is 4.01. The van der Waals surface area contributed by atoms with E-state index in [4.69, 9.17) is 0 Å². The lowest BCUT2D eigenvalue weighted by Gasteiger charge is -2.02. The first kappa shape index (κ1) is 10.9. The minimum absolute atomic E-state index is 0.911. The van der Waals surface area contributed by atoms with Crippen molar-refractivity contribution in [2.24, 2.45) is 0 Å². The fourth-order valence-corrected chi connectivity index (χ4v) is 1.66. The number of rotatable bonds is 5. The molecule has 3 heteroatoms. The molecule has 0 amide bonds. The Hall–Kier alpha value is -1.61. The fourth-order valence-electron chi connectivity index (χ4n) is 1.66. The van der Waals surface area contributed by atoms with Gasteiger partial charge in [-0.3, -0.25) is 4.98 Å². The second kappa shape index (κ2) is 5.47. The monoisotopic (exact) mass is 215 g/mol. The SMILES string of the molecule is CCNCc1ccn(Cc2ccncc2)c1. The lowest BCUT2D eigenvalue weighted by molar-refractivity contribution is 0.721. The van der Waals surface area contributed by atoms with Crippen LogP contribution in [0.2, 0.25) is 0 Å². The van der Waals surface area contributed by atoms with Gasteiger partial charge in [-0.25, -0.2) is 0 Å². The third-order valence-electron chi connectivity index (χ3n) is 2.51. The highest BCUT2D eigenvalue weighted by Gasteiger charge is 1.97. The van der Waals surface area contributed by atoms with Gasteiger partial charge in [0.25, 0.3) is 0 Å². The molecule has 0 aliphatic heterocycles. The molecule has 1 N–H and O–H groups in total. The highest BCUT2D eigenvalue weighted by molar-refractivity contribution is 5.14. The highest BCUT2D eigenvalue weighted by Crippen LogP contribution is 2.05. The minimum Gasteiger partial charge on any atom is -0.350 e. The summed E-state index contributed by atoms with van der Waals surface area (Å²) in [5.74, 6) is 0. The molecule has 0 unspecified atom stereocenters. The molecular formula is C13H17N3. The molecule has 3 nitrogen and oxygen atoms in total. The third kappa shape index (κ3) is 2.94. The lowest BCUT2D eigenvalue weighted by Crippen LogP contribution is -2.11. The van der Waals surface area contributed by atoms with Crippen molar-refractivity contribution in [2.75, 3.05) is 6.54 Å². The average molecular weight is 215 g/mol. The average Bonchev–Trinajstić information content (AvgIpc) is 2.75. The summed E-state index contributed by atoms with van der Waals surface area (Å²) >= 11 is 0. The Balaban J connectivity index is 1.97. The highest BCUT2D eigenvalue weighted by atomic mass is 14.9. The van der Waals surface area contributed by atoms with Crippen molar-refractivity contribution in [3.8, 4) is 0 Å². The van der Waals surface area contributed by atoms with E-state index in [2.05, 4.69) is 40.3 Å². The first-order chi connectivity index (χ1) is 7.88. The van der Waals surface area contributed by atoms with Crippen LogP contribution < -0.4 is 5.32 Å². The van der Waals surface area contributed by atoms with Gasteiger partial charge in [0.15, 0.2) is 0 Å². The summed E-state index contributed by atoms with van der Waals surface area (Å²) in [5.41, 5.74) is 2.61. The van der Waals surface area contributed by atoms with Gasteiger partial charge in [0, 0.05) is 37.9 Å². The van der Waals surface area contributed by atoms with Crippen LogP contribution in [0.1, 0.15) is 18.1 Å². The van der Waals surface area contributed by atoms with E-state index in [9.17, 15) is 0 Å². The number of pyridine rings is 1. The summed E-state index contributed by atoms with van der Waals surface area (Å²) in [7, 11) is 0. The smallest absolute Gasteiger partial charge is 0.0471 e. The van der Waals surface area contributed by atoms with Crippen molar-refractivity contribution in [1.82, 2.24) is 14.9 Å². The number of nitrogens with zero attached hydrogens (tertiary/aromatic N) is 2. The zero-order valence-corrected chi connectivity index (χ0v) is 9.56. The lowest BCUT2D eigenvalue weighted by atomic mass is 10.3. The van der Waals surface area contributed by atoms with E-state index in [-0.39, 0.29) is 0 Å². The Morgan fingerprint density at radius 3 is 2.75 bits per heavy atom. The van der Waals surface area contributed by atoms with Crippen molar-refractivity contribution in [2.45, 2.75) is 20.0 Å². The van der Waals surface area contributed by atoms with Gasteiger partial charge in [-0.15, -0.1) is 0 Å². The van der Waals surface area contributed by atoms with Crippen LogP contribution in [0.15, 0.2) is 43.0 Å². The quantitative estimate of drug-likeness (QED) is 0.827. The van der Waals surface area contributed by atoms with E-state index in [1.165, 1.54) is 11.1 Å². The molecule has 0 radical (unpaired) electrons. The molecule has 2 rings (SSSR count). The van der Waals surface area contributed by atoms with Crippen molar-refractivity contribution >= 4 is 0 Å². The molecule has 0 aromatic carbocycles. The Kier molecular flexibility index (Phi) is 3.72. The molecule has 84 valence electrons. The summed E-state index contributed by atoms with van der Waals surface area (Å²) in [6.07, 6.45) is 7.97. The first-order valence-corrected chi connectivity index (χ1v) is 5.63. The first-order valence-electron chi connectivity index (χ1n) is 5.63. The van der Waals surface area contributed by atoms with Crippen molar-refractivity contribution in [1.29, 1.82) is 0 Å². The molecule has 0 saturated heterocycles. The van der Waals surface area contributed by atoms with E-state index in [0.29, 0.717) is 0 Å². The maximum Gasteiger partial charge on any atom is 0.0471 e. The third-order valence-corrected chi connectivity index (χ3v) is 2.51. The molecular weight excluding hydrogens is 198 g/mol. The van der Waals surface area contributed by atoms with Crippen molar-refractivity contribution < 1.29 is 0 Å². The molecule has 0 fully saturated rings. The standard InChI is InChI=1S/C13H17N3/c1-2-14-9-13-5-8-16(11-13)10-12-3-6-15-7-4-12/h3-8,11,14H,2,9-10H2,1H3. The predicted molar refractivity (Wildman–Crippen MR) is 65.2 cm³/mol. The van der Waals surface area contributed by atoms with Crippen molar-refractivity contribution in [3.63, 3.8) is 0 Å². The van der Waals surface area contributed by atoms with E-state index >= 15 is 0 Å². The van der Waals surface area contributed by atoms with Crippen LogP contribution in [0, 0.1) is 0 Å². The molecule has 0 atom stereocenters. The van der Waals surface area contributed by atoms with Gasteiger partial charge in [-0.05, 0) is 35.9 Å². The van der Waals surface area contributed by atoms with E-state index in [1.807, 2.05) is 24.5 Å². The summed E-state index contributed by atoms with van der Waals surface area (Å²) in [5, 5.41) is 3.32. The van der Waals surface area contributed by atoms with Crippen LogP contribution in [0.3, 0.4) is 0 Å². The van der Waals surface area contributed by atoms with Gasteiger partial charge in [0.1, 0.15) is 0 Å². The second-order valence-corrected chi connectivity index (χ2v) is 3.83. The Labute approximate surface area is 96.1 Å². The van der Waals surface area contributed by atoms with Gasteiger partial charge in [-0.2, -0.15) is 0 Å². The molecule has 2 aromatic rings. The van der Waals surface area contributed by atoms with E-state index < -0.39 is 0 Å². The molecule has 0 spiro atoms. The maximum absolute atomic E-state index is 4.01. The summed E-state index contributed by atoms with van der Waals surface area (Å²) < 4.78 is 2.20. The summed E-state index contributed by atoms with van der Waals surface area (Å²) in [6, 6.07) is 6.25. The minimum atomic E-state index is 0.911. The molecule has 16 heavy (non-hydrogen) atoms. The Morgan fingerprint density at radius 2 is 2.00 bits per heavy atom. The number of aromatic nitrogens is 2. The molecule has 0 aliphatic rings. The zero-order chi connectivity index (χ0) is 11.2. The molecule has 0 bridgehead atoms. The number of nitrogens with one attached hydrogen (secondary N) is 1. The van der Waals surface area contributed by atoms with Gasteiger partial charge in [0.2, 0.25) is 0 Å². The van der Waals surface area contributed by atoms with Crippen LogP contribution in [-0.2, 0) is 13.1 Å². The largest absolute Gasteiger partial charge is 0.350 e. The van der Waals surface area contributed by atoms with Crippen molar-refractivity contribution in [3.05, 3.63) is 54.1 Å². The Morgan fingerprint density at radius 1 is 1.19 bits per heavy atom. The number of hydrogen-bond acceptors (Lipinski definition) is 2. The second-order valence-electron chi connectivity index (χ2n) is 3.83. The molecule has 0 saturated carbocycles. The predicted octanol–water partition coefficient (Wildman–Crippen LogP) is 2.04. The van der Waals surface area contributed by atoms with E-state index in [1.54, 1.807) is 0 Å². The zero-order valence-electron chi connectivity index (χ0n) is 9.56. The van der Waals surface area contributed by atoms with Crippen LogP contribution in [0.5, 0.6) is 0 Å². The van der Waals surface area contributed by atoms with Gasteiger partial charge >= 0.3 is 0 Å². The normalized spacial score (nSPS) is 10.6. The topological polar surface area (TPSA) is 29.9 Å². The molecule has 2 aromatic heterocycles. The van der Waals surface area contributed by atoms with E-state index in [0.717, 1.165) is 19.6 Å². The van der Waals surface area contributed by atoms with Crippen LogP contribution in [0.25, 0.3) is 0 Å². The number of hydrogen-bond donors (Lipinski definition) is 1. The fraction of sp³-hybridized carbons (Fsp3) is 0.308.